The van der Waals surface area contributed by atoms with Crippen LogP contribution in [0, 0.1) is 0 Å². The minimum Gasteiger partial charge on any atom is -0.423 e. The van der Waals surface area contributed by atoms with Crippen LogP contribution >= 0.6 is 0 Å². The summed E-state index contributed by atoms with van der Waals surface area (Å²) in [6.45, 7) is 5.97. The van der Waals surface area contributed by atoms with Gasteiger partial charge in [0.05, 0.1) is 24.3 Å². The van der Waals surface area contributed by atoms with Gasteiger partial charge >= 0.3 is 0 Å². The summed E-state index contributed by atoms with van der Waals surface area (Å²) in [7, 11) is 1.77. The molecule has 0 saturated heterocycles. The highest BCUT2D eigenvalue weighted by molar-refractivity contribution is 6.03. The number of fused-ring (bicyclic) bond motifs is 1. The zero-order chi connectivity index (χ0) is 25.2. The molecule has 2 aromatic carbocycles. The Bertz CT molecular complexity index is 1410. The maximum absolute atomic E-state index is 12.7. The van der Waals surface area contributed by atoms with Crippen molar-refractivity contribution in [3.8, 4) is 11.5 Å². The molecule has 2 aromatic heterocycles. The van der Waals surface area contributed by atoms with E-state index in [0.29, 0.717) is 28.6 Å². The van der Waals surface area contributed by atoms with E-state index in [1.54, 1.807) is 30.3 Å². The van der Waals surface area contributed by atoms with Crippen molar-refractivity contribution in [1.29, 1.82) is 0 Å². The molecule has 0 radical (unpaired) electrons. The zero-order valence-electron chi connectivity index (χ0n) is 19.8. The Morgan fingerprint density at radius 1 is 1.17 bits per heavy atom. The summed E-state index contributed by atoms with van der Waals surface area (Å²) in [5, 5.41) is 24.3. The van der Waals surface area contributed by atoms with Crippen molar-refractivity contribution in [1.82, 2.24) is 25.1 Å². The molecule has 1 amide bonds. The molecule has 3 N–H and O–H groups in total. The second-order valence-corrected chi connectivity index (χ2v) is 8.49. The SMILES string of the molecule is C=C1c2cc(Nc3ncc(-c4nnco4)c(N[C@H](CO)c4ccccc4)n3)ccc2C(=O)N(C)C1C. The van der Waals surface area contributed by atoms with E-state index in [-0.39, 0.29) is 24.4 Å². The molecule has 36 heavy (non-hydrogen) atoms. The van der Waals surface area contributed by atoms with Gasteiger partial charge in [0.1, 0.15) is 5.82 Å². The number of likely N-dealkylation sites (N-methyl/N-ethyl adjacent to an activating group) is 1. The van der Waals surface area contributed by atoms with Crippen molar-refractivity contribution >= 4 is 28.9 Å². The first-order valence-electron chi connectivity index (χ1n) is 11.4. The second-order valence-electron chi connectivity index (χ2n) is 8.49. The van der Waals surface area contributed by atoms with Crippen molar-refractivity contribution < 1.29 is 14.3 Å². The van der Waals surface area contributed by atoms with Gasteiger partial charge in [0.15, 0.2) is 0 Å². The molecule has 0 aliphatic carbocycles. The first-order valence-corrected chi connectivity index (χ1v) is 11.4. The fourth-order valence-electron chi connectivity index (χ4n) is 4.11. The van der Waals surface area contributed by atoms with Crippen LogP contribution in [0.3, 0.4) is 0 Å². The average molecular weight is 484 g/mol. The van der Waals surface area contributed by atoms with Gasteiger partial charge in [0.2, 0.25) is 12.3 Å². The first-order chi connectivity index (χ1) is 17.5. The molecule has 1 unspecified atom stereocenters. The van der Waals surface area contributed by atoms with Crippen molar-refractivity contribution in [3.63, 3.8) is 0 Å². The number of hydrogen-bond acceptors (Lipinski definition) is 9. The molecule has 5 rings (SSSR count). The highest BCUT2D eigenvalue weighted by Gasteiger charge is 2.30. The Kier molecular flexibility index (Phi) is 6.17. The summed E-state index contributed by atoms with van der Waals surface area (Å²) < 4.78 is 5.37. The van der Waals surface area contributed by atoms with Gasteiger partial charge in [-0.05, 0) is 41.8 Å². The van der Waals surface area contributed by atoms with E-state index in [2.05, 4.69) is 37.4 Å². The fraction of sp³-hybridized carbons (Fsp3) is 0.192. The summed E-state index contributed by atoms with van der Waals surface area (Å²) in [4.78, 5) is 23.4. The van der Waals surface area contributed by atoms with Gasteiger partial charge in [-0.2, -0.15) is 4.98 Å². The van der Waals surface area contributed by atoms with Gasteiger partial charge in [0.25, 0.3) is 11.8 Å². The Morgan fingerprint density at radius 3 is 2.69 bits per heavy atom. The largest absolute Gasteiger partial charge is 0.423 e. The van der Waals surface area contributed by atoms with Crippen molar-refractivity contribution in [2.75, 3.05) is 24.3 Å². The molecule has 0 spiro atoms. The third-order valence-electron chi connectivity index (χ3n) is 6.33. The van der Waals surface area contributed by atoms with Gasteiger partial charge < -0.3 is 25.1 Å². The summed E-state index contributed by atoms with van der Waals surface area (Å²) >= 11 is 0. The minimum absolute atomic E-state index is 0.0425. The topological polar surface area (TPSA) is 129 Å². The van der Waals surface area contributed by atoms with Crippen molar-refractivity contribution in [3.05, 3.63) is 84.4 Å². The molecule has 182 valence electrons. The van der Waals surface area contributed by atoms with Gasteiger partial charge in [0, 0.05) is 24.5 Å². The third kappa shape index (κ3) is 4.29. The lowest BCUT2D eigenvalue weighted by Gasteiger charge is -2.33. The Labute approximate surface area is 207 Å². The van der Waals surface area contributed by atoms with E-state index < -0.39 is 6.04 Å². The number of nitrogens with one attached hydrogen (secondary N) is 2. The number of carbonyl (C=O) groups is 1. The molecule has 4 aromatic rings. The number of aromatic nitrogens is 4. The van der Waals surface area contributed by atoms with Crippen LogP contribution in [0.1, 0.15) is 34.5 Å². The summed E-state index contributed by atoms with van der Waals surface area (Å²) in [6, 6.07) is 14.5. The molecular weight excluding hydrogens is 458 g/mol. The van der Waals surface area contributed by atoms with Crippen LogP contribution in [0.5, 0.6) is 0 Å². The van der Waals surface area contributed by atoms with Gasteiger partial charge in [-0.3, -0.25) is 4.79 Å². The molecule has 0 bridgehead atoms. The number of amides is 1. The summed E-state index contributed by atoms with van der Waals surface area (Å²) in [5.41, 5.74) is 4.35. The predicted octanol–water partition coefficient (Wildman–Crippen LogP) is 3.90. The Morgan fingerprint density at radius 2 is 1.97 bits per heavy atom. The minimum atomic E-state index is -0.424. The molecule has 0 saturated carbocycles. The van der Waals surface area contributed by atoms with Crippen LogP contribution in [-0.2, 0) is 0 Å². The number of anilines is 3. The monoisotopic (exact) mass is 483 g/mol. The van der Waals surface area contributed by atoms with E-state index in [4.69, 9.17) is 4.42 Å². The lowest BCUT2D eigenvalue weighted by Crippen LogP contribution is -2.40. The fourth-order valence-corrected chi connectivity index (χ4v) is 4.11. The molecule has 3 heterocycles. The van der Waals surface area contributed by atoms with Crippen LogP contribution in [0.4, 0.5) is 17.5 Å². The van der Waals surface area contributed by atoms with E-state index in [1.807, 2.05) is 43.3 Å². The highest BCUT2D eigenvalue weighted by Crippen LogP contribution is 2.33. The summed E-state index contributed by atoms with van der Waals surface area (Å²) in [6.07, 6.45) is 2.80. The first kappa shape index (κ1) is 23.2. The number of aliphatic hydroxyl groups is 1. The smallest absolute Gasteiger partial charge is 0.254 e. The van der Waals surface area contributed by atoms with Crippen LogP contribution in [-0.4, -0.2) is 55.8 Å². The lowest BCUT2D eigenvalue weighted by atomic mass is 9.90. The van der Waals surface area contributed by atoms with Crippen molar-refractivity contribution in [2.24, 2.45) is 0 Å². The molecule has 10 heteroatoms. The van der Waals surface area contributed by atoms with E-state index >= 15 is 0 Å². The number of carbonyl (C=O) groups excluding carboxylic acids is 1. The second kappa shape index (κ2) is 9.59. The lowest BCUT2D eigenvalue weighted by molar-refractivity contribution is 0.0764. The van der Waals surface area contributed by atoms with Gasteiger partial charge in [-0.25, -0.2) is 4.98 Å². The number of rotatable bonds is 7. The van der Waals surface area contributed by atoms with Gasteiger partial charge in [-0.1, -0.05) is 36.9 Å². The molecule has 2 atom stereocenters. The maximum atomic E-state index is 12.7. The number of benzene rings is 2. The van der Waals surface area contributed by atoms with Crippen molar-refractivity contribution in [2.45, 2.75) is 19.0 Å². The third-order valence-corrected chi connectivity index (χ3v) is 6.33. The van der Waals surface area contributed by atoms with Gasteiger partial charge in [-0.15, -0.1) is 10.2 Å². The molecule has 10 nitrogen and oxygen atoms in total. The number of hydrogen-bond donors (Lipinski definition) is 3. The standard InChI is InChI=1S/C26H25N7O3/c1-15-16(2)33(3)25(35)19-10-9-18(11-20(15)19)29-26-27-12-21(24-32-28-14-36-24)23(31-26)30-22(13-34)17-7-5-4-6-8-17/h4-12,14,16,22,34H,1,13H2,2-3H3,(H2,27,29,30,31)/t16?,22-/m1/s1. The van der Waals surface area contributed by atoms with E-state index in [0.717, 1.165) is 16.7 Å². The molecule has 1 aliphatic heterocycles. The molecule has 0 fully saturated rings. The van der Waals surface area contributed by atoms with Crippen LogP contribution < -0.4 is 10.6 Å². The quantitative estimate of drug-likeness (QED) is 0.358. The molecule has 1 aliphatic rings. The van der Waals surface area contributed by atoms with Crippen LogP contribution in [0.2, 0.25) is 0 Å². The molecular formula is C26H25N7O3. The average Bonchev–Trinajstić information content (AvgIpc) is 3.45. The Hall–Kier alpha value is -4.57. The Balaban J connectivity index is 1.48. The summed E-state index contributed by atoms with van der Waals surface area (Å²) in [5.74, 6) is 0.922. The van der Waals surface area contributed by atoms with E-state index in [9.17, 15) is 9.90 Å². The number of nitrogens with zero attached hydrogens (tertiary/aromatic N) is 5. The number of aliphatic hydroxyl groups excluding tert-OH is 1. The predicted molar refractivity (Wildman–Crippen MR) is 136 cm³/mol. The normalized spacial score (nSPS) is 16.0. The highest BCUT2D eigenvalue weighted by atomic mass is 16.4. The zero-order valence-corrected chi connectivity index (χ0v) is 19.8. The van der Waals surface area contributed by atoms with Crippen LogP contribution in [0.25, 0.3) is 17.0 Å². The maximum Gasteiger partial charge on any atom is 0.254 e. The van der Waals surface area contributed by atoms with E-state index in [1.165, 1.54) is 6.39 Å². The van der Waals surface area contributed by atoms with Crippen LogP contribution in [0.15, 0.2) is 72.1 Å².